The normalized spacial score (nSPS) is 13.4. The summed E-state index contributed by atoms with van der Waals surface area (Å²) in [4.78, 5) is 12.8. The molecule has 32 heavy (non-hydrogen) atoms. The van der Waals surface area contributed by atoms with Crippen LogP contribution >= 0.6 is 11.8 Å². The number of carbonyl (C=O) groups excluding carboxylic acids is 1. The molecule has 1 aromatic carbocycles. The zero-order valence-electron chi connectivity index (χ0n) is 18.0. The predicted octanol–water partition coefficient (Wildman–Crippen LogP) is 4.33. The van der Waals surface area contributed by atoms with Gasteiger partial charge in [-0.25, -0.2) is 4.68 Å². The van der Waals surface area contributed by atoms with Gasteiger partial charge in [-0.3, -0.25) is 9.36 Å². The molecule has 1 saturated carbocycles. The fraction of sp³-hybridized carbons (Fsp3) is 0.304. The van der Waals surface area contributed by atoms with Crippen molar-refractivity contribution in [1.29, 1.82) is 0 Å². The van der Waals surface area contributed by atoms with Crippen LogP contribution in [0.1, 0.15) is 41.6 Å². The number of hydrogen-bond acceptors (Lipinski definition) is 6. The summed E-state index contributed by atoms with van der Waals surface area (Å²) in [5.74, 6) is 3.01. The quantitative estimate of drug-likeness (QED) is 0.404. The van der Waals surface area contributed by atoms with Gasteiger partial charge in [0.1, 0.15) is 17.4 Å². The first kappa shape index (κ1) is 20.6. The molecular formula is C23H24N6O2S. The van der Waals surface area contributed by atoms with Crippen molar-refractivity contribution in [2.75, 3.05) is 11.1 Å². The first-order valence-electron chi connectivity index (χ1n) is 10.6. The molecule has 164 valence electrons. The number of aromatic nitrogens is 5. The largest absolute Gasteiger partial charge is 0.467 e. The van der Waals surface area contributed by atoms with Crippen molar-refractivity contribution in [2.24, 2.45) is 0 Å². The van der Waals surface area contributed by atoms with E-state index in [1.54, 1.807) is 10.9 Å². The molecule has 5 rings (SSSR count). The standard InChI is InChI=1S/C23H24N6O2S/c1-15-5-9-18(10-6-15)29-20(12-16(2)27-29)24-21(30)14-32-23-26-25-22(17-7-8-17)28(23)13-19-4-3-11-31-19/h3-6,9-12,17H,7-8,13-14H2,1-2H3,(H,24,30). The molecule has 3 heterocycles. The van der Waals surface area contributed by atoms with Gasteiger partial charge in [0, 0.05) is 12.0 Å². The maximum Gasteiger partial charge on any atom is 0.236 e. The number of amides is 1. The zero-order valence-corrected chi connectivity index (χ0v) is 18.8. The van der Waals surface area contributed by atoms with E-state index < -0.39 is 0 Å². The number of hydrogen-bond donors (Lipinski definition) is 1. The van der Waals surface area contributed by atoms with Crippen LogP contribution in [0.2, 0.25) is 0 Å². The number of furan rings is 1. The first-order valence-corrected chi connectivity index (χ1v) is 11.6. The molecule has 1 amide bonds. The summed E-state index contributed by atoms with van der Waals surface area (Å²) in [6.45, 7) is 4.51. The van der Waals surface area contributed by atoms with Crippen molar-refractivity contribution in [2.45, 2.75) is 44.3 Å². The molecule has 0 atom stereocenters. The van der Waals surface area contributed by atoms with Crippen LogP contribution in [-0.2, 0) is 11.3 Å². The summed E-state index contributed by atoms with van der Waals surface area (Å²) >= 11 is 1.38. The molecule has 1 fully saturated rings. The number of nitrogens with one attached hydrogen (secondary N) is 1. The fourth-order valence-corrected chi connectivity index (χ4v) is 4.28. The summed E-state index contributed by atoms with van der Waals surface area (Å²) in [5.41, 5.74) is 2.91. The van der Waals surface area contributed by atoms with Crippen molar-refractivity contribution in [3.05, 3.63) is 71.6 Å². The summed E-state index contributed by atoms with van der Waals surface area (Å²) in [6.07, 6.45) is 3.92. The van der Waals surface area contributed by atoms with Crippen LogP contribution in [0.3, 0.4) is 0 Å². The molecule has 3 aromatic heterocycles. The third-order valence-electron chi connectivity index (χ3n) is 5.29. The van der Waals surface area contributed by atoms with Crippen molar-refractivity contribution in [3.63, 3.8) is 0 Å². The minimum Gasteiger partial charge on any atom is -0.467 e. The lowest BCUT2D eigenvalue weighted by atomic mass is 10.2. The van der Waals surface area contributed by atoms with Gasteiger partial charge >= 0.3 is 0 Å². The SMILES string of the molecule is Cc1ccc(-n2nc(C)cc2NC(=O)CSc2nnc(C3CC3)n2Cc2ccco2)cc1. The Morgan fingerprint density at radius 3 is 2.72 bits per heavy atom. The minimum atomic E-state index is -0.121. The number of nitrogens with zero attached hydrogens (tertiary/aromatic N) is 5. The van der Waals surface area contributed by atoms with Crippen LogP contribution in [0.5, 0.6) is 0 Å². The van der Waals surface area contributed by atoms with Crippen molar-refractivity contribution in [3.8, 4) is 5.69 Å². The molecule has 1 N–H and O–H groups in total. The Kier molecular flexibility index (Phi) is 5.57. The minimum absolute atomic E-state index is 0.121. The Morgan fingerprint density at radius 2 is 2.00 bits per heavy atom. The second kappa shape index (κ2) is 8.66. The van der Waals surface area contributed by atoms with E-state index in [1.165, 1.54) is 17.3 Å². The lowest BCUT2D eigenvalue weighted by Gasteiger charge is -2.10. The van der Waals surface area contributed by atoms with Crippen LogP contribution < -0.4 is 5.32 Å². The van der Waals surface area contributed by atoms with Crippen LogP contribution in [0, 0.1) is 13.8 Å². The molecule has 8 nitrogen and oxygen atoms in total. The van der Waals surface area contributed by atoms with Crippen molar-refractivity contribution < 1.29 is 9.21 Å². The third-order valence-corrected chi connectivity index (χ3v) is 6.26. The van der Waals surface area contributed by atoms with E-state index in [9.17, 15) is 4.79 Å². The van der Waals surface area contributed by atoms with Gasteiger partial charge in [-0.2, -0.15) is 5.10 Å². The van der Waals surface area contributed by atoms with E-state index in [-0.39, 0.29) is 11.7 Å². The van der Waals surface area contributed by atoms with Crippen LogP contribution in [0.4, 0.5) is 5.82 Å². The van der Waals surface area contributed by atoms with Gasteiger partial charge < -0.3 is 9.73 Å². The van der Waals surface area contributed by atoms with Crippen LogP contribution in [-0.4, -0.2) is 36.2 Å². The van der Waals surface area contributed by atoms with Gasteiger partial charge in [0.2, 0.25) is 5.91 Å². The number of benzene rings is 1. The molecular weight excluding hydrogens is 424 g/mol. The molecule has 1 aliphatic carbocycles. The molecule has 0 spiro atoms. The molecule has 0 unspecified atom stereocenters. The van der Waals surface area contributed by atoms with E-state index in [4.69, 9.17) is 4.42 Å². The molecule has 0 saturated heterocycles. The first-order chi connectivity index (χ1) is 15.6. The Balaban J connectivity index is 1.29. The van der Waals surface area contributed by atoms with E-state index in [0.717, 1.165) is 41.0 Å². The zero-order chi connectivity index (χ0) is 22.1. The molecule has 9 heteroatoms. The molecule has 4 aromatic rings. The summed E-state index contributed by atoms with van der Waals surface area (Å²) in [6, 6.07) is 13.7. The Morgan fingerprint density at radius 1 is 1.19 bits per heavy atom. The molecule has 0 radical (unpaired) electrons. The summed E-state index contributed by atoms with van der Waals surface area (Å²) in [5, 5.41) is 17.0. The highest BCUT2D eigenvalue weighted by molar-refractivity contribution is 7.99. The highest BCUT2D eigenvalue weighted by Gasteiger charge is 2.31. The smallest absolute Gasteiger partial charge is 0.236 e. The van der Waals surface area contributed by atoms with Crippen molar-refractivity contribution >= 4 is 23.5 Å². The van der Waals surface area contributed by atoms with Gasteiger partial charge in [0.25, 0.3) is 0 Å². The van der Waals surface area contributed by atoms with E-state index >= 15 is 0 Å². The molecule has 1 aliphatic rings. The lowest BCUT2D eigenvalue weighted by Crippen LogP contribution is -2.17. The number of aryl methyl sites for hydroxylation is 2. The van der Waals surface area contributed by atoms with Gasteiger partial charge in [0.15, 0.2) is 5.16 Å². The number of thioether (sulfide) groups is 1. The van der Waals surface area contributed by atoms with E-state index in [2.05, 4.69) is 25.2 Å². The third kappa shape index (κ3) is 4.47. The Labute approximate surface area is 190 Å². The van der Waals surface area contributed by atoms with Gasteiger partial charge in [0.05, 0.1) is 29.9 Å². The van der Waals surface area contributed by atoms with E-state index in [0.29, 0.717) is 18.3 Å². The predicted molar refractivity (Wildman–Crippen MR) is 122 cm³/mol. The second-order valence-electron chi connectivity index (χ2n) is 8.04. The highest BCUT2D eigenvalue weighted by atomic mass is 32.2. The second-order valence-corrected chi connectivity index (χ2v) is 8.98. The number of carbonyl (C=O) groups is 1. The number of rotatable bonds is 8. The van der Waals surface area contributed by atoms with Gasteiger partial charge in [-0.1, -0.05) is 29.5 Å². The summed E-state index contributed by atoms with van der Waals surface area (Å²) < 4.78 is 9.33. The Hall–Kier alpha value is -3.33. The highest BCUT2D eigenvalue weighted by Crippen LogP contribution is 2.40. The topological polar surface area (TPSA) is 90.8 Å². The summed E-state index contributed by atoms with van der Waals surface area (Å²) in [7, 11) is 0. The van der Waals surface area contributed by atoms with Gasteiger partial charge in [-0.05, 0) is 51.0 Å². The fourth-order valence-electron chi connectivity index (χ4n) is 3.54. The number of anilines is 1. The average Bonchev–Trinajstić information content (AvgIpc) is 3.16. The average molecular weight is 449 g/mol. The van der Waals surface area contributed by atoms with Crippen LogP contribution in [0.15, 0.2) is 58.3 Å². The molecule has 0 bridgehead atoms. The van der Waals surface area contributed by atoms with E-state index in [1.807, 2.05) is 56.3 Å². The lowest BCUT2D eigenvalue weighted by molar-refractivity contribution is -0.113. The monoisotopic (exact) mass is 448 g/mol. The maximum atomic E-state index is 12.8. The Bertz CT molecular complexity index is 1220. The van der Waals surface area contributed by atoms with Crippen LogP contribution in [0.25, 0.3) is 5.69 Å². The van der Waals surface area contributed by atoms with Gasteiger partial charge in [-0.15, -0.1) is 10.2 Å². The molecule has 0 aliphatic heterocycles. The van der Waals surface area contributed by atoms with Crippen molar-refractivity contribution in [1.82, 2.24) is 24.5 Å². The maximum absolute atomic E-state index is 12.8.